The first-order valence-corrected chi connectivity index (χ1v) is 11.9. The van der Waals surface area contributed by atoms with Gasteiger partial charge in [-0.2, -0.15) is 4.98 Å². The van der Waals surface area contributed by atoms with Gasteiger partial charge in [0.05, 0.1) is 13.2 Å². The fourth-order valence-electron chi connectivity index (χ4n) is 4.27. The van der Waals surface area contributed by atoms with E-state index in [1.165, 1.54) is 5.69 Å². The number of nitrogens with one attached hydrogen (secondary N) is 1. The maximum Gasteiger partial charge on any atom is 0.247 e. The maximum absolute atomic E-state index is 5.46. The zero-order chi connectivity index (χ0) is 24.0. The van der Waals surface area contributed by atoms with Crippen molar-refractivity contribution in [2.45, 2.75) is 6.92 Å². The topological polar surface area (TPSA) is 55.2 Å². The summed E-state index contributed by atoms with van der Waals surface area (Å²) < 4.78 is 7.23. The molecule has 35 heavy (non-hydrogen) atoms. The van der Waals surface area contributed by atoms with Crippen molar-refractivity contribution in [3.63, 3.8) is 0 Å². The molecular weight excluding hydrogens is 434 g/mol. The van der Waals surface area contributed by atoms with E-state index in [0.717, 1.165) is 54.3 Å². The van der Waals surface area contributed by atoms with Gasteiger partial charge in [0.1, 0.15) is 0 Å². The summed E-state index contributed by atoms with van der Waals surface area (Å²) in [6, 6.07) is 26.9. The fourth-order valence-corrected chi connectivity index (χ4v) is 4.27. The Morgan fingerprint density at radius 2 is 1.66 bits per heavy atom. The van der Waals surface area contributed by atoms with Crippen molar-refractivity contribution in [3.05, 3.63) is 103 Å². The fraction of sp³-hybridized carbons (Fsp3) is 0.172. The van der Waals surface area contributed by atoms with Gasteiger partial charge in [-0.05, 0) is 47.9 Å². The molecule has 0 atom stereocenters. The number of morpholine rings is 1. The van der Waals surface area contributed by atoms with E-state index in [0.29, 0.717) is 11.8 Å². The molecule has 0 saturated carbocycles. The van der Waals surface area contributed by atoms with Crippen LogP contribution in [0.3, 0.4) is 0 Å². The Morgan fingerprint density at radius 1 is 0.943 bits per heavy atom. The van der Waals surface area contributed by atoms with E-state index in [1.54, 1.807) is 4.68 Å². The molecule has 0 spiro atoms. The van der Waals surface area contributed by atoms with Crippen LogP contribution in [0.2, 0.25) is 0 Å². The summed E-state index contributed by atoms with van der Waals surface area (Å²) in [6.07, 6.45) is 3.83. The second-order valence-electron chi connectivity index (χ2n) is 8.35. The van der Waals surface area contributed by atoms with Crippen LogP contribution in [0.1, 0.15) is 18.3 Å². The van der Waals surface area contributed by atoms with E-state index in [2.05, 4.69) is 70.4 Å². The molecule has 2 heterocycles. The SMILES string of the molecule is C=C(c1ccccc1-c1ccccc1)c1nc(Nc2ccc(N3CCOCC3)cc2)nn1/C=C\C. The standard InChI is InChI=1S/C29H29N5O/c1-3-17-34-28(22(2)26-11-7-8-12-27(26)23-9-5-4-6-10-23)31-29(32-34)30-24-13-15-25(16-14-24)33-18-20-35-21-19-33/h3-17H,2,18-21H2,1H3,(H,30,32)/b17-3-. The van der Waals surface area contributed by atoms with Gasteiger partial charge in [-0.15, -0.1) is 5.10 Å². The molecule has 6 nitrogen and oxygen atoms in total. The van der Waals surface area contributed by atoms with Gasteiger partial charge in [-0.1, -0.05) is 67.3 Å². The highest BCUT2D eigenvalue weighted by Gasteiger charge is 2.17. The van der Waals surface area contributed by atoms with Gasteiger partial charge >= 0.3 is 0 Å². The van der Waals surface area contributed by atoms with Crippen molar-refractivity contribution in [1.29, 1.82) is 0 Å². The third-order valence-corrected chi connectivity index (χ3v) is 6.03. The summed E-state index contributed by atoms with van der Waals surface area (Å²) in [5.41, 5.74) is 6.21. The summed E-state index contributed by atoms with van der Waals surface area (Å²) in [7, 11) is 0. The minimum Gasteiger partial charge on any atom is -0.378 e. The molecule has 0 unspecified atom stereocenters. The predicted octanol–water partition coefficient (Wildman–Crippen LogP) is 6.08. The number of rotatable bonds is 7. The number of aromatic nitrogens is 3. The Hall–Kier alpha value is -4.16. The van der Waals surface area contributed by atoms with Crippen molar-refractivity contribution in [2.75, 3.05) is 36.5 Å². The Bertz CT molecular complexity index is 1320. The number of anilines is 3. The van der Waals surface area contributed by atoms with Gasteiger partial charge < -0.3 is 15.0 Å². The number of hydrogen-bond donors (Lipinski definition) is 1. The number of nitrogens with zero attached hydrogens (tertiary/aromatic N) is 4. The first-order valence-electron chi connectivity index (χ1n) is 11.9. The third kappa shape index (κ3) is 5.03. The summed E-state index contributed by atoms with van der Waals surface area (Å²) in [6.45, 7) is 9.74. The number of hydrogen-bond acceptors (Lipinski definition) is 5. The largest absolute Gasteiger partial charge is 0.378 e. The Kier molecular flexibility index (Phi) is 6.73. The minimum absolute atomic E-state index is 0.524. The van der Waals surface area contributed by atoms with Crippen LogP contribution in [0.15, 0.2) is 91.5 Å². The van der Waals surface area contributed by atoms with Crippen LogP contribution in [0.4, 0.5) is 17.3 Å². The molecule has 0 radical (unpaired) electrons. The lowest BCUT2D eigenvalue weighted by molar-refractivity contribution is 0.122. The van der Waals surface area contributed by atoms with Crippen molar-refractivity contribution >= 4 is 29.1 Å². The van der Waals surface area contributed by atoms with Crippen molar-refractivity contribution in [1.82, 2.24) is 14.8 Å². The summed E-state index contributed by atoms with van der Waals surface area (Å²) in [5.74, 6) is 1.22. The molecule has 4 aromatic rings. The van der Waals surface area contributed by atoms with E-state index < -0.39 is 0 Å². The molecule has 1 aliphatic rings. The van der Waals surface area contributed by atoms with Crippen molar-refractivity contribution in [3.8, 4) is 11.1 Å². The molecule has 1 saturated heterocycles. The summed E-state index contributed by atoms with van der Waals surface area (Å²) in [5, 5.41) is 8.02. The van der Waals surface area contributed by atoms with Crippen LogP contribution >= 0.6 is 0 Å². The molecule has 0 amide bonds. The lowest BCUT2D eigenvalue weighted by Crippen LogP contribution is -2.36. The smallest absolute Gasteiger partial charge is 0.247 e. The van der Waals surface area contributed by atoms with Crippen molar-refractivity contribution < 1.29 is 4.74 Å². The molecule has 1 N–H and O–H groups in total. The number of benzene rings is 3. The predicted molar refractivity (Wildman–Crippen MR) is 144 cm³/mol. The molecule has 0 bridgehead atoms. The van der Waals surface area contributed by atoms with Gasteiger partial charge in [0.2, 0.25) is 5.95 Å². The van der Waals surface area contributed by atoms with Crippen LogP contribution in [-0.4, -0.2) is 41.1 Å². The number of allylic oxidation sites excluding steroid dienone is 1. The van der Waals surface area contributed by atoms with Crippen LogP contribution in [0.5, 0.6) is 0 Å². The van der Waals surface area contributed by atoms with Gasteiger partial charge in [0.15, 0.2) is 5.82 Å². The Morgan fingerprint density at radius 3 is 2.40 bits per heavy atom. The molecule has 3 aromatic carbocycles. The molecule has 6 heteroatoms. The van der Waals surface area contributed by atoms with E-state index >= 15 is 0 Å². The normalized spacial score (nSPS) is 13.8. The highest BCUT2D eigenvalue weighted by Crippen LogP contribution is 2.32. The first kappa shape index (κ1) is 22.6. The van der Waals surface area contributed by atoms with E-state index in [-0.39, 0.29) is 0 Å². The Balaban J connectivity index is 1.41. The van der Waals surface area contributed by atoms with Crippen LogP contribution in [0, 0.1) is 0 Å². The van der Waals surface area contributed by atoms with Gasteiger partial charge in [-0.3, -0.25) is 0 Å². The minimum atomic E-state index is 0.524. The monoisotopic (exact) mass is 463 g/mol. The second kappa shape index (κ2) is 10.4. The highest BCUT2D eigenvalue weighted by atomic mass is 16.5. The molecule has 176 valence electrons. The zero-order valence-corrected chi connectivity index (χ0v) is 19.9. The number of ether oxygens (including phenoxy) is 1. The van der Waals surface area contributed by atoms with E-state index in [9.17, 15) is 0 Å². The lowest BCUT2D eigenvalue weighted by atomic mass is 9.95. The van der Waals surface area contributed by atoms with Crippen LogP contribution in [0.25, 0.3) is 22.9 Å². The molecule has 1 fully saturated rings. The quantitative estimate of drug-likeness (QED) is 0.360. The van der Waals surface area contributed by atoms with Crippen LogP contribution in [-0.2, 0) is 4.74 Å². The van der Waals surface area contributed by atoms with Crippen LogP contribution < -0.4 is 10.2 Å². The van der Waals surface area contributed by atoms with Gasteiger partial charge in [0.25, 0.3) is 0 Å². The van der Waals surface area contributed by atoms with E-state index in [1.807, 2.05) is 49.5 Å². The van der Waals surface area contributed by atoms with Gasteiger partial charge in [-0.25, -0.2) is 4.68 Å². The van der Waals surface area contributed by atoms with Crippen molar-refractivity contribution in [2.24, 2.45) is 0 Å². The third-order valence-electron chi connectivity index (χ3n) is 6.03. The zero-order valence-electron chi connectivity index (χ0n) is 19.9. The summed E-state index contributed by atoms with van der Waals surface area (Å²) >= 11 is 0. The highest BCUT2D eigenvalue weighted by molar-refractivity contribution is 5.86. The average Bonchev–Trinajstić information content (AvgIpc) is 3.32. The first-order chi connectivity index (χ1) is 17.2. The molecular formula is C29H29N5O. The molecule has 1 aliphatic heterocycles. The lowest BCUT2D eigenvalue weighted by Gasteiger charge is -2.28. The summed E-state index contributed by atoms with van der Waals surface area (Å²) in [4.78, 5) is 7.14. The van der Waals surface area contributed by atoms with E-state index in [4.69, 9.17) is 9.72 Å². The maximum atomic E-state index is 5.46. The average molecular weight is 464 g/mol. The van der Waals surface area contributed by atoms with Gasteiger partial charge in [0, 0.05) is 36.2 Å². The second-order valence-corrected chi connectivity index (χ2v) is 8.35. The molecule has 5 rings (SSSR count). The Labute approximate surface area is 206 Å². The molecule has 1 aromatic heterocycles. The molecule has 0 aliphatic carbocycles.